The van der Waals surface area contributed by atoms with Gasteiger partial charge in [-0.3, -0.25) is 4.79 Å². The van der Waals surface area contributed by atoms with Gasteiger partial charge in [0, 0.05) is 31.1 Å². The molecule has 4 heteroatoms. The van der Waals surface area contributed by atoms with E-state index in [1.807, 2.05) is 0 Å². The first-order chi connectivity index (χ1) is 8.75. The summed E-state index contributed by atoms with van der Waals surface area (Å²) in [5, 5.41) is 0. The number of aromatic nitrogens is 1. The Morgan fingerprint density at radius 2 is 2.06 bits per heavy atom. The van der Waals surface area contributed by atoms with Gasteiger partial charge in [-0.2, -0.15) is 0 Å². The van der Waals surface area contributed by atoms with Crippen LogP contribution in [0.25, 0.3) is 0 Å². The quantitative estimate of drug-likeness (QED) is 0.815. The highest BCUT2D eigenvalue weighted by Gasteiger charge is 2.12. The van der Waals surface area contributed by atoms with E-state index in [2.05, 4.69) is 0 Å². The first-order valence-corrected chi connectivity index (χ1v) is 6.83. The number of pyridine rings is 1. The highest BCUT2D eigenvalue weighted by molar-refractivity contribution is 5.33. The molecule has 0 radical (unpaired) electrons. The van der Waals surface area contributed by atoms with E-state index in [1.165, 1.54) is 38.2 Å². The molecule has 0 spiro atoms. The van der Waals surface area contributed by atoms with Gasteiger partial charge in [0.2, 0.25) is 0 Å². The van der Waals surface area contributed by atoms with E-state index < -0.39 is 0 Å². The fraction of sp³-hybridized carbons (Fsp3) is 0.643. The average Bonchev–Trinajstić information content (AvgIpc) is 2.40. The number of rotatable bonds is 5. The number of nitrogens with zero attached hydrogens (tertiary/aromatic N) is 1. The molecule has 18 heavy (non-hydrogen) atoms. The molecule has 1 aliphatic carbocycles. The van der Waals surface area contributed by atoms with Crippen LogP contribution in [0.1, 0.15) is 38.5 Å². The molecule has 0 saturated heterocycles. The summed E-state index contributed by atoms with van der Waals surface area (Å²) in [5.41, 5.74) is 6.29. The van der Waals surface area contributed by atoms with Crippen molar-refractivity contribution < 1.29 is 4.74 Å². The van der Waals surface area contributed by atoms with Gasteiger partial charge in [0.05, 0.1) is 6.10 Å². The molecule has 0 atom stereocenters. The van der Waals surface area contributed by atoms with Crippen LogP contribution < -0.4 is 11.3 Å². The maximum atomic E-state index is 11.5. The maximum absolute atomic E-state index is 11.5. The third-order valence-electron chi connectivity index (χ3n) is 3.46. The molecule has 1 aliphatic rings. The molecule has 0 aliphatic heterocycles. The lowest BCUT2D eigenvalue weighted by Crippen LogP contribution is -2.21. The van der Waals surface area contributed by atoms with Crippen molar-refractivity contribution in [2.45, 2.75) is 51.2 Å². The van der Waals surface area contributed by atoms with Gasteiger partial charge in [-0.05, 0) is 25.3 Å². The van der Waals surface area contributed by atoms with Gasteiger partial charge < -0.3 is 15.0 Å². The lowest BCUT2D eigenvalue weighted by atomic mass is 9.98. The number of anilines is 1. The monoisotopic (exact) mass is 250 g/mol. The minimum Gasteiger partial charge on any atom is -0.398 e. The molecule has 1 aromatic heterocycles. The number of nitrogens with two attached hydrogens (primary N) is 1. The van der Waals surface area contributed by atoms with Crippen molar-refractivity contribution in [1.82, 2.24) is 4.57 Å². The number of hydrogen-bond donors (Lipinski definition) is 1. The van der Waals surface area contributed by atoms with Crippen LogP contribution in [0.5, 0.6) is 0 Å². The van der Waals surface area contributed by atoms with Gasteiger partial charge in [0.25, 0.3) is 5.56 Å². The van der Waals surface area contributed by atoms with Crippen LogP contribution >= 0.6 is 0 Å². The van der Waals surface area contributed by atoms with E-state index in [-0.39, 0.29) is 5.56 Å². The van der Waals surface area contributed by atoms with Crippen molar-refractivity contribution in [2.75, 3.05) is 12.3 Å². The number of nitrogen functional groups attached to an aromatic ring is 1. The van der Waals surface area contributed by atoms with Crippen LogP contribution in [0.4, 0.5) is 5.69 Å². The summed E-state index contributed by atoms with van der Waals surface area (Å²) >= 11 is 0. The molecule has 1 fully saturated rings. The molecule has 1 heterocycles. The molecule has 0 bridgehead atoms. The zero-order valence-electron chi connectivity index (χ0n) is 10.8. The van der Waals surface area contributed by atoms with Gasteiger partial charge in [-0.1, -0.05) is 19.3 Å². The van der Waals surface area contributed by atoms with Crippen LogP contribution in [-0.2, 0) is 11.3 Å². The second kappa shape index (κ2) is 6.59. The van der Waals surface area contributed by atoms with Crippen molar-refractivity contribution in [1.29, 1.82) is 0 Å². The Morgan fingerprint density at radius 3 is 2.83 bits per heavy atom. The largest absolute Gasteiger partial charge is 0.398 e. The molecule has 1 aromatic rings. The van der Waals surface area contributed by atoms with Gasteiger partial charge in [0.15, 0.2) is 0 Å². The predicted octanol–water partition coefficient (Wildman–Crippen LogP) is 2.17. The SMILES string of the molecule is Nc1ccc(=O)n(CCCOC2CCCCC2)c1. The van der Waals surface area contributed by atoms with E-state index in [9.17, 15) is 4.79 Å². The van der Waals surface area contributed by atoms with E-state index in [0.717, 1.165) is 13.0 Å². The second-order valence-electron chi connectivity index (χ2n) is 4.98. The summed E-state index contributed by atoms with van der Waals surface area (Å²) in [7, 11) is 0. The van der Waals surface area contributed by atoms with Gasteiger partial charge in [-0.25, -0.2) is 0 Å². The Morgan fingerprint density at radius 1 is 1.28 bits per heavy atom. The minimum atomic E-state index is 0.00173. The summed E-state index contributed by atoms with van der Waals surface area (Å²) in [4.78, 5) is 11.5. The molecule has 100 valence electrons. The second-order valence-corrected chi connectivity index (χ2v) is 4.98. The zero-order chi connectivity index (χ0) is 12.8. The standard InChI is InChI=1S/C14H22N2O2/c15-12-7-8-14(17)16(11-12)9-4-10-18-13-5-2-1-3-6-13/h7-8,11,13H,1-6,9-10,15H2. The minimum absolute atomic E-state index is 0.00173. The normalized spacial score (nSPS) is 16.9. The van der Waals surface area contributed by atoms with Crippen molar-refractivity contribution in [3.63, 3.8) is 0 Å². The smallest absolute Gasteiger partial charge is 0.250 e. The molecule has 0 unspecified atom stereocenters. The highest BCUT2D eigenvalue weighted by atomic mass is 16.5. The summed E-state index contributed by atoms with van der Waals surface area (Å²) in [6.45, 7) is 1.41. The third-order valence-corrected chi connectivity index (χ3v) is 3.46. The third kappa shape index (κ3) is 3.88. The molecule has 1 saturated carbocycles. The van der Waals surface area contributed by atoms with E-state index in [4.69, 9.17) is 10.5 Å². The van der Waals surface area contributed by atoms with Crippen molar-refractivity contribution >= 4 is 5.69 Å². The van der Waals surface area contributed by atoms with Crippen LogP contribution in [0.2, 0.25) is 0 Å². The molecular weight excluding hydrogens is 228 g/mol. The first kappa shape index (κ1) is 13.1. The summed E-state index contributed by atoms with van der Waals surface area (Å²) in [6.07, 6.45) is 9.31. The summed E-state index contributed by atoms with van der Waals surface area (Å²) in [5.74, 6) is 0. The van der Waals surface area contributed by atoms with E-state index in [0.29, 0.717) is 18.3 Å². The Labute approximate surface area is 108 Å². The fourth-order valence-corrected chi connectivity index (χ4v) is 2.44. The highest BCUT2D eigenvalue weighted by Crippen LogP contribution is 2.20. The lowest BCUT2D eigenvalue weighted by Gasteiger charge is -2.22. The summed E-state index contributed by atoms with van der Waals surface area (Å²) in [6, 6.07) is 3.15. The van der Waals surface area contributed by atoms with Crippen LogP contribution in [-0.4, -0.2) is 17.3 Å². The number of aryl methyl sites for hydroxylation is 1. The Kier molecular flexibility index (Phi) is 4.81. The first-order valence-electron chi connectivity index (χ1n) is 6.83. The van der Waals surface area contributed by atoms with Gasteiger partial charge in [0.1, 0.15) is 0 Å². The van der Waals surface area contributed by atoms with Crippen LogP contribution in [0, 0.1) is 0 Å². The molecule has 0 aromatic carbocycles. The summed E-state index contributed by atoms with van der Waals surface area (Å²) < 4.78 is 7.48. The Hall–Kier alpha value is -1.29. The lowest BCUT2D eigenvalue weighted by molar-refractivity contribution is 0.0256. The Bertz CT molecular complexity index is 422. The number of hydrogen-bond acceptors (Lipinski definition) is 3. The van der Waals surface area contributed by atoms with Crippen LogP contribution in [0.15, 0.2) is 23.1 Å². The fourth-order valence-electron chi connectivity index (χ4n) is 2.44. The maximum Gasteiger partial charge on any atom is 0.250 e. The average molecular weight is 250 g/mol. The Balaban J connectivity index is 1.71. The molecule has 2 N–H and O–H groups in total. The van der Waals surface area contributed by atoms with Gasteiger partial charge in [-0.15, -0.1) is 0 Å². The topological polar surface area (TPSA) is 57.2 Å². The van der Waals surface area contributed by atoms with Crippen molar-refractivity contribution in [3.05, 3.63) is 28.7 Å². The zero-order valence-corrected chi connectivity index (χ0v) is 10.8. The van der Waals surface area contributed by atoms with Gasteiger partial charge >= 0.3 is 0 Å². The molecular formula is C14H22N2O2. The number of ether oxygens (including phenoxy) is 1. The van der Waals surface area contributed by atoms with E-state index >= 15 is 0 Å². The van der Waals surface area contributed by atoms with Crippen molar-refractivity contribution in [3.8, 4) is 0 Å². The predicted molar refractivity (Wildman–Crippen MR) is 72.6 cm³/mol. The molecule has 4 nitrogen and oxygen atoms in total. The molecule has 0 amide bonds. The van der Waals surface area contributed by atoms with E-state index in [1.54, 1.807) is 16.8 Å². The molecule has 2 rings (SSSR count). The van der Waals surface area contributed by atoms with Crippen LogP contribution in [0.3, 0.4) is 0 Å². The van der Waals surface area contributed by atoms with Crippen molar-refractivity contribution in [2.24, 2.45) is 0 Å².